The molecule has 1 saturated heterocycles. The smallest absolute Gasteiger partial charge is 0.244 e. The van der Waals surface area contributed by atoms with Crippen molar-refractivity contribution in [2.45, 2.75) is 25.0 Å². The number of allylic oxidation sites excluding steroid dienone is 2. The summed E-state index contributed by atoms with van der Waals surface area (Å²) >= 11 is 0. The van der Waals surface area contributed by atoms with Crippen LogP contribution in [0.2, 0.25) is 0 Å². The van der Waals surface area contributed by atoms with Crippen molar-refractivity contribution in [3.8, 4) is 17.2 Å². The Balaban J connectivity index is 1.18. The highest BCUT2D eigenvalue weighted by molar-refractivity contribution is 5.87. The molecular weight excluding hydrogens is 584 g/mol. The van der Waals surface area contributed by atoms with Crippen molar-refractivity contribution in [1.82, 2.24) is 10.2 Å². The normalized spacial score (nSPS) is 14.3. The van der Waals surface area contributed by atoms with Crippen molar-refractivity contribution in [2.24, 2.45) is 0 Å². The number of methoxy groups -OCH3 is 3. The van der Waals surface area contributed by atoms with E-state index in [1.165, 1.54) is 17.2 Å². The topological polar surface area (TPSA) is 87.7 Å². The number of hydrogen-bond donors (Lipinski definition) is 1. The van der Waals surface area contributed by atoms with E-state index in [4.69, 9.17) is 28.4 Å². The molecule has 0 unspecified atom stereocenters. The van der Waals surface area contributed by atoms with Crippen LogP contribution in [-0.4, -0.2) is 84.4 Å². The number of likely N-dealkylation sites (tertiary alicyclic amines) is 1. The number of hydrogen-bond acceptors (Lipinski definition) is 8. The van der Waals surface area contributed by atoms with Crippen LogP contribution in [0.4, 0.5) is 0 Å². The van der Waals surface area contributed by atoms with Crippen molar-refractivity contribution >= 4 is 12.0 Å². The SMILES string of the molecule is COCCOCOc1c(OC)cc(C=CC=CC(=O)NCCN2CCC(OC(c3ccccc3)c3ccccc3)CC2)cc1OC. The zero-order chi connectivity index (χ0) is 32.4. The molecule has 0 saturated carbocycles. The molecule has 0 bridgehead atoms. The van der Waals surface area contributed by atoms with Crippen LogP contribution in [0.25, 0.3) is 6.08 Å². The lowest BCUT2D eigenvalue weighted by molar-refractivity contribution is -0.116. The number of rotatable bonds is 18. The van der Waals surface area contributed by atoms with E-state index in [0.717, 1.165) is 38.0 Å². The van der Waals surface area contributed by atoms with Crippen LogP contribution < -0.4 is 19.5 Å². The molecule has 3 aromatic rings. The fourth-order valence-corrected chi connectivity index (χ4v) is 5.21. The van der Waals surface area contributed by atoms with Gasteiger partial charge < -0.3 is 38.6 Å². The summed E-state index contributed by atoms with van der Waals surface area (Å²) in [6.07, 6.45) is 8.92. The van der Waals surface area contributed by atoms with Crippen LogP contribution in [0.15, 0.2) is 91.0 Å². The molecule has 246 valence electrons. The van der Waals surface area contributed by atoms with Crippen LogP contribution in [0.3, 0.4) is 0 Å². The van der Waals surface area contributed by atoms with E-state index in [1.807, 2.05) is 30.3 Å². The third-order valence-electron chi connectivity index (χ3n) is 7.64. The Morgan fingerprint density at radius 3 is 2.11 bits per heavy atom. The van der Waals surface area contributed by atoms with Crippen LogP contribution in [0.5, 0.6) is 17.2 Å². The number of carbonyl (C=O) groups excluding carboxylic acids is 1. The number of benzene rings is 3. The first-order valence-corrected chi connectivity index (χ1v) is 15.7. The van der Waals surface area contributed by atoms with Gasteiger partial charge in [-0.15, -0.1) is 0 Å². The number of amides is 1. The second-order valence-corrected chi connectivity index (χ2v) is 10.8. The Hall–Kier alpha value is -4.15. The predicted octanol–water partition coefficient (Wildman–Crippen LogP) is 5.66. The van der Waals surface area contributed by atoms with E-state index in [2.05, 4.69) is 58.7 Å². The van der Waals surface area contributed by atoms with Gasteiger partial charge in [0.25, 0.3) is 0 Å². The molecule has 4 rings (SSSR count). The number of nitrogens with one attached hydrogen (secondary N) is 1. The van der Waals surface area contributed by atoms with Gasteiger partial charge >= 0.3 is 0 Å². The quantitative estimate of drug-likeness (QED) is 0.0835. The zero-order valence-corrected chi connectivity index (χ0v) is 27.1. The summed E-state index contributed by atoms with van der Waals surface area (Å²) in [7, 11) is 4.74. The third kappa shape index (κ3) is 11.0. The molecule has 1 aliphatic heterocycles. The monoisotopic (exact) mass is 630 g/mol. The van der Waals surface area contributed by atoms with Gasteiger partial charge in [0.05, 0.1) is 33.5 Å². The number of piperidine rings is 1. The summed E-state index contributed by atoms with van der Waals surface area (Å²) in [5.41, 5.74) is 3.17. The molecule has 1 aliphatic rings. The summed E-state index contributed by atoms with van der Waals surface area (Å²) in [5, 5.41) is 2.98. The van der Waals surface area contributed by atoms with Crippen molar-refractivity contribution in [1.29, 1.82) is 0 Å². The maximum absolute atomic E-state index is 12.4. The van der Waals surface area contributed by atoms with E-state index in [0.29, 0.717) is 37.0 Å². The number of nitrogens with zero attached hydrogens (tertiary/aromatic N) is 1. The second-order valence-electron chi connectivity index (χ2n) is 10.8. The first kappa shape index (κ1) is 34.7. The molecule has 9 nitrogen and oxygen atoms in total. The van der Waals surface area contributed by atoms with Crippen LogP contribution >= 0.6 is 0 Å². The lowest BCUT2D eigenvalue weighted by Gasteiger charge is -2.34. The van der Waals surface area contributed by atoms with E-state index < -0.39 is 0 Å². The largest absolute Gasteiger partial charge is 0.493 e. The molecule has 0 spiro atoms. The average Bonchev–Trinajstić information content (AvgIpc) is 3.10. The first-order valence-electron chi connectivity index (χ1n) is 15.7. The third-order valence-corrected chi connectivity index (χ3v) is 7.64. The van der Waals surface area contributed by atoms with Crippen molar-refractivity contribution < 1.29 is 33.2 Å². The molecule has 1 fully saturated rings. The highest BCUT2D eigenvalue weighted by Gasteiger charge is 2.24. The van der Waals surface area contributed by atoms with Gasteiger partial charge in [0, 0.05) is 39.4 Å². The zero-order valence-electron chi connectivity index (χ0n) is 27.1. The Bertz CT molecular complexity index is 1310. The molecule has 0 radical (unpaired) electrons. The Morgan fingerprint density at radius 2 is 1.52 bits per heavy atom. The Labute approximate surface area is 272 Å². The lowest BCUT2D eigenvalue weighted by atomic mass is 10.00. The van der Waals surface area contributed by atoms with E-state index in [9.17, 15) is 4.79 Å². The Kier molecular flexibility index (Phi) is 14.6. The van der Waals surface area contributed by atoms with Gasteiger partial charge in [0.1, 0.15) is 6.10 Å². The fourth-order valence-electron chi connectivity index (χ4n) is 5.21. The minimum absolute atomic E-state index is 0.0414. The predicted molar refractivity (Wildman–Crippen MR) is 179 cm³/mol. The molecule has 1 heterocycles. The van der Waals surface area contributed by atoms with Gasteiger partial charge in [-0.3, -0.25) is 4.79 Å². The van der Waals surface area contributed by atoms with E-state index in [1.54, 1.807) is 33.5 Å². The first-order chi connectivity index (χ1) is 22.6. The molecule has 1 amide bonds. The minimum atomic E-state index is -0.135. The van der Waals surface area contributed by atoms with E-state index in [-0.39, 0.29) is 24.9 Å². The Morgan fingerprint density at radius 1 is 0.891 bits per heavy atom. The number of carbonyl (C=O) groups is 1. The highest BCUT2D eigenvalue weighted by atomic mass is 16.7. The van der Waals surface area contributed by atoms with Crippen LogP contribution in [-0.2, 0) is 19.0 Å². The van der Waals surface area contributed by atoms with Crippen molar-refractivity contribution in [3.63, 3.8) is 0 Å². The molecule has 0 aromatic heterocycles. The molecular formula is C37H46N2O7. The minimum Gasteiger partial charge on any atom is -0.493 e. The van der Waals surface area contributed by atoms with Gasteiger partial charge in [0.15, 0.2) is 18.3 Å². The summed E-state index contributed by atoms with van der Waals surface area (Å²) < 4.78 is 33.7. The van der Waals surface area contributed by atoms with Gasteiger partial charge in [-0.1, -0.05) is 78.9 Å². The highest BCUT2D eigenvalue weighted by Crippen LogP contribution is 2.39. The molecule has 46 heavy (non-hydrogen) atoms. The number of ether oxygens (including phenoxy) is 6. The maximum Gasteiger partial charge on any atom is 0.244 e. The standard InChI is InChI=1S/C37H46N2O7/c1-41-24-25-44-28-45-37-33(42-2)26-29(27-34(37)43-3)12-10-11-17-35(40)38-20-23-39-21-18-32(19-22-39)46-36(30-13-6-4-7-14-30)31-15-8-5-9-16-31/h4-17,26-27,32,36H,18-25,28H2,1-3H3,(H,38,40). The van der Waals surface area contributed by atoms with Gasteiger partial charge in [-0.05, 0) is 41.7 Å². The lowest BCUT2D eigenvalue weighted by Crippen LogP contribution is -2.41. The van der Waals surface area contributed by atoms with Gasteiger partial charge in [-0.25, -0.2) is 0 Å². The second kappa shape index (κ2) is 19.4. The molecule has 3 aromatic carbocycles. The summed E-state index contributed by atoms with van der Waals surface area (Å²) in [5.74, 6) is 1.34. The molecule has 0 atom stereocenters. The van der Waals surface area contributed by atoms with Crippen LogP contribution in [0, 0.1) is 0 Å². The van der Waals surface area contributed by atoms with Crippen LogP contribution in [0.1, 0.15) is 35.6 Å². The summed E-state index contributed by atoms with van der Waals surface area (Å²) in [6, 6.07) is 24.5. The fraction of sp³-hybridized carbons (Fsp3) is 0.378. The van der Waals surface area contributed by atoms with Gasteiger partial charge in [0.2, 0.25) is 11.7 Å². The average molecular weight is 631 g/mol. The van der Waals surface area contributed by atoms with Gasteiger partial charge in [-0.2, -0.15) is 0 Å². The molecule has 1 N–H and O–H groups in total. The summed E-state index contributed by atoms with van der Waals surface area (Å²) in [6.45, 7) is 4.20. The molecule has 9 heteroatoms. The van der Waals surface area contributed by atoms with E-state index >= 15 is 0 Å². The maximum atomic E-state index is 12.4. The van der Waals surface area contributed by atoms with Crippen molar-refractivity contribution in [2.75, 3.05) is 67.5 Å². The van der Waals surface area contributed by atoms with Crippen molar-refractivity contribution in [3.05, 3.63) is 108 Å². The summed E-state index contributed by atoms with van der Waals surface area (Å²) in [4.78, 5) is 14.8. The molecule has 0 aliphatic carbocycles.